The van der Waals surface area contributed by atoms with E-state index in [-0.39, 0.29) is 25.5 Å². The van der Waals surface area contributed by atoms with Crippen molar-refractivity contribution in [1.82, 2.24) is 4.90 Å². The van der Waals surface area contributed by atoms with Gasteiger partial charge in [-0.2, -0.15) is 0 Å². The highest BCUT2D eigenvalue weighted by atomic mass is 16.5. The van der Waals surface area contributed by atoms with Gasteiger partial charge < -0.3 is 20.5 Å². The van der Waals surface area contributed by atoms with E-state index in [1.807, 2.05) is 0 Å². The zero-order valence-corrected chi connectivity index (χ0v) is 12.9. The van der Waals surface area contributed by atoms with Crippen LogP contribution in [0, 0.1) is 5.41 Å². The Morgan fingerprint density at radius 2 is 1.96 bits per heavy atom. The number of carbonyl (C=O) groups excluding carboxylic acids is 2. The summed E-state index contributed by atoms with van der Waals surface area (Å²) >= 11 is 0. The Kier molecular flexibility index (Phi) is 4.88. The molecule has 0 bridgehead atoms. The fourth-order valence-electron chi connectivity index (χ4n) is 2.49. The summed E-state index contributed by atoms with van der Waals surface area (Å²) < 4.78 is 5.41. The molecule has 124 valence electrons. The Morgan fingerprint density at radius 3 is 2.48 bits per heavy atom. The molecule has 1 aromatic rings. The van der Waals surface area contributed by atoms with E-state index in [4.69, 9.17) is 15.6 Å². The van der Waals surface area contributed by atoms with E-state index >= 15 is 0 Å². The second kappa shape index (κ2) is 6.68. The number of aliphatic carboxylic acids is 1. The molecule has 3 N–H and O–H groups in total. The fraction of sp³-hybridized carbons (Fsp3) is 0.438. The number of carbonyl (C=O) groups is 3. The van der Waals surface area contributed by atoms with Crippen LogP contribution < -0.4 is 10.5 Å². The maximum Gasteiger partial charge on any atom is 0.311 e. The predicted molar refractivity (Wildman–Crippen MR) is 81.8 cm³/mol. The molecule has 0 aromatic heterocycles. The zero-order valence-electron chi connectivity index (χ0n) is 12.9. The standard InChI is InChI=1S/C16H20N2O5/c1-16(15(21)22)6-7-18(10-16)14(20)9-23-12-4-2-11(3-5-12)8-13(17)19/h2-5H,6-10H2,1H3,(H2,17,19)(H,21,22). The molecule has 1 aliphatic heterocycles. The molecule has 2 amide bonds. The minimum Gasteiger partial charge on any atom is -0.484 e. The highest BCUT2D eigenvalue weighted by Gasteiger charge is 2.42. The summed E-state index contributed by atoms with van der Waals surface area (Å²) in [5.41, 5.74) is 5.00. The van der Waals surface area contributed by atoms with Crippen molar-refractivity contribution >= 4 is 17.8 Å². The molecule has 1 aliphatic rings. The van der Waals surface area contributed by atoms with Gasteiger partial charge in [0.25, 0.3) is 5.91 Å². The van der Waals surface area contributed by atoms with Crippen molar-refractivity contribution in [3.8, 4) is 5.75 Å². The number of benzene rings is 1. The van der Waals surface area contributed by atoms with Crippen LogP contribution >= 0.6 is 0 Å². The molecule has 0 aliphatic carbocycles. The van der Waals surface area contributed by atoms with E-state index in [1.165, 1.54) is 4.90 Å². The molecule has 1 saturated heterocycles. The van der Waals surface area contributed by atoms with Crippen molar-refractivity contribution in [3.05, 3.63) is 29.8 Å². The molecule has 1 aromatic carbocycles. The molecule has 0 radical (unpaired) electrons. The van der Waals surface area contributed by atoms with E-state index < -0.39 is 17.3 Å². The molecular weight excluding hydrogens is 300 g/mol. The smallest absolute Gasteiger partial charge is 0.311 e. The largest absolute Gasteiger partial charge is 0.484 e. The van der Waals surface area contributed by atoms with Crippen molar-refractivity contribution < 1.29 is 24.2 Å². The monoisotopic (exact) mass is 320 g/mol. The van der Waals surface area contributed by atoms with Gasteiger partial charge in [0, 0.05) is 13.1 Å². The fourth-order valence-corrected chi connectivity index (χ4v) is 2.49. The van der Waals surface area contributed by atoms with Crippen LogP contribution in [-0.2, 0) is 20.8 Å². The zero-order chi connectivity index (χ0) is 17.0. The minimum absolute atomic E-state index is 0.148. The molecule has 7 heteroatoms. The molecular formula is C16H20N2O5. The van der Waals surface area contributed by atoms with Crippen LogP contribution in [0.15, 0.2) is 24.3 Å². The van der Waals surface area contributed by atoms with Gasteiger partial charge in [0.1, 0.15) is 5.75 Å². The number of carboxylic acids is 1. The number of amides is 2. The molecule has 1 unspecified atom stereocenters. The Labute approximate surface area is 134 Å². The third-order valence-electron chi connectivity index (χ3n) is 4.01. The van der Waals surface area contributed by atoms with Crippen molar-refractivity contribution in [1.29, 1.82) is 0 Å². The molecule has 1 atom stereocenters. The van der Waals surface area contributed by atoms with E-state index in [0.717, 1.165) is 5.56 Å². The molecule has 0 spiro atoms. The van der Waals surface area contributed by atoms with Gasteiger partial charge in [-0.05, 0) is 31.0 Å². The Balaban J connectivity index is 1.85. The average Bonchev–Trinajstić information content (AvgIpc) is 2.90. The lowest BCUT2D eigenvalue weighted by Crippen LogP contribution is -2.37. The third-order valence-corrected chi connectivity index (χ3v) is 4.01. The number of hydrogen-bond donors (Lipinski definition) is 2. The number of hydrogen-bond acceptors (Lipinski definition) is 4. The summed E-state index contributed by atoms with van der Waals surface area (Å²) in [5, 5.41) is 9.17. The minimum atomic E-state index is -0.890. The van der Waals surface area contributed by atoms with Crippen molar-refractivity contribution in [2.24, 2.45) is 11.1 Å². The van der Waals surface area contributed by atoms with Crippen LogP contribution in [0.3, 0.4) is 0 Å². The van der Waals surface area contributed by atoms with Gasteiger partial charge in [-0.15, -0.1) is 0 Å². The second-order valence-corrected chi connectivity index (χ2v) is 6.01. The van der Waals surface area contributed by atoms with Crippen LogP contribution in [0.1, 0.15) is 18.9 Å². The SMILES string of the molecule is CC1(C(=O)O)CCN(C(=O)COc2ccc(CC(N)=O)cc2)C1. The third kappa shape index (κ3) is 4.21. The average molecular weight is 320 g/mol. The van der Waals surface area contributed by atoms with Gasteiger partial charge in [0.15, 0.2) is 6.61 Å². The van der Waals surface area contributed by atoms with E-state index in [1.54, 1.807) is 31.2 Å². The number of nitrogens with zero attached hydrogens (tertiary/aromatic N) is 1. The highest BCUT2D eigenvalue weighted by molar-refractivity contribution is 5.81. The second-order valence-electron chi connectivity index (χ2n) is 6.01. The first-order valence-electron chi connectivity index (χ1n) is 7.31. The maximum atomic E-state index is 12.1. The van der Waals surface area contributed by atoms with Crippen LogP contribution in [0.25, 0.3) is 0 Å². The Bertz CT molecular complexity index is 613. The molecule has 2 rings (SSSR count). The summed E-state index contributed by atoms with van der Waals surface area (Å²) in [7, 11) is 0. The summed E-state index contributed by atoms with van der Waals surface area (Å²) in [6.45, 7) is 2.11. The topological polar surface area (TPSA) is 110 Å². The molecule has 23 heavy (non-hydrogen) atoms. The van der Waals surface area contributed by atoms with Crippen LogP contribution in [-0.4, -0.2) is 47.5 Å². The Hall–Kier alpha value is -2.57. The number of rotatable bonds is 6. The summed E-state index contributed by atoms with van der Waals surface area (Å²) in [6, 6.07) is 6.75. The van der Waals surface area contributed by atoms with Crippen LogP contribution in [0.2, 0.25) is 0 Å². The van der Waals surface area contributed by atoms with Crippen molar-refractivity contribution in [2.45, 2.75) is 19.8 Å². The Morgan fingerprint density at radius 1 is 1.30 bits per heavy atom. The normalized spacial score (nSPS) is 20.3. The number of likely N-dealkylation sites (tertiary alicyclic amines) is 1. The lowest BCUT2D eigenvalue weighted by atomic mass is 9.90. The summed E-state index contributed by atoms with van der Waals surface area (Å²) in [4.78, 5) is 35.6. The first kappa shape index (κ1) is 16.8. The molecule has 1 heterocycles. The van der Waals surface area contributed by atoms with Gasteiger partial charge >= 0.3 is 5.97 Å². The highest BCUT2D eigenvalue weighted by Crippen LogP contribution is 2.30. The van der Waals surface area contributed by atoms with E-state index in [9.17, 15) is 14.4 Å². The number of nitrogens with two attached hydrogens (primary N) is 1. The number of carboxylic acid groups (broad SMARTS) is 1. The van der Waals surface area contributed by atoms with Crippen molar-refractivity contribution in [3.63, 3.8) is 0 Å². The van der Waals surface area contributed by atoms with Crippen molar-refractivity contribution in [2.75, 3.05) is 19.7 Å². The first-order chi connectivity index (χ1) is 10.8. The summed E-state index contributed by atoms with van der Waals surface area (Å²) in [6.07, 6.45) is 0.594. The number of primary amides is 1. The lowest BCUT2D eigenvalue weighted by Gasteiger charge is -2.20. The van der Waals surface area contributed by atoms with Gasteiger partial charge in [-0.1, -0.05) is 12.1 Å². The van der Waals surface area contributed by atoms with E-state index in [0.29, 0.717) is 18.7 Å². The van der Waals surface area contributed by atoms with Gasteiger partial charge in [0.05, 0.1) is 11.8 Å². The van der Waals surface area contributed by atoms with Gasteiger partial charge in [-0.25, -0.2) is 0 Å². The van der Waals surface area contributed by atoms with Gasteiger partial charge in [-0.3, -0.25) is 14.4 Å². The lowest BCUT2D eigenvalue weighted by molar-refractivity contribution is -0.147. The maximum absolute atomic E-state index is 12.1. The molecule has 1 fully saturated rings. The summed E-state index contributed by atoms with van der Waals surface area (Å²) in [5.74, 6) is -1.04. The van der Waals surface area contributed by atoms with Crippen LogP contribution in [0.5, 0.6) is 5.75 Å². The van der Waals surface area contributed by atoms with E-state index in [2.05, 4.69) is 0 Å². The number of ether oxygens (including phenoxy) is 1. The predicted octanol–water partition coefficient (Wildman–Crippen LogP) is 0.416. The molecule has 7 nitrogen and oxygen atoms in total. The van der Waals surface area contributed by atoms with Crippen LogP contribution in [0.4, 0.5) is 0 Å². The molecule has 0 saturated carbocycles. The quantitative estimate of drug-likeness (QED) is 0.789. The van der Waals surface area contributed by atoms with Gasteiger partial charge in [0.2, 0.25) is 5.91 Å². The first-order valence-corrected chi connectivity index (χ1v) is 7.31.